The van der Waals surface area contributed by atoms with Crippen LogP contribution in [0.1, 0.15) is 23.2 Å². The summed E-state index contributed by atoms with van der Waals surface area (Å²) in [5.41, 5.74) is 5.53. The minimum absolute atomic E-state index is 0.379. The zero-order valence-electron chi connectivity index (χ0n) is 8.52. The molecule has 1 amide bonds. The quantitative estimate of drug-likeness (QED) is 0.713. The number of carbonyl (C=O) groups excluding carboxylic acids is 1. The van der Waals surface area contributed by atoms with Gasteiger partial charge in [0.05, 0.1) is 13.2 Å². The van der Waals surface area contributed by atoms with E-state index in [-0.39, 0.29) is 5.91 Å². The lowest BCUT2D eigenvalue weighted by atomic mass is 10.2. The molecule has 1 aliphatic heterocycles. The Morgan fingerprint density at radius 2 is 1.60 bits per heavy atom. The first-order chi connectivity index (χ1) is 7.30. The molecule has 1 heterocycles. The molecule has 82 valence electrons. The minimum atomic E-state index is -0.379. The molecule has 0 saturated carbocycles. The Kier molecular flexibility index (Phi) is 5.43. The van der Waals surface area contributed by atoms with Gasteiger partial charge in [0.25, 0.3) is 0 Å². The van der Waals surface area contributed by atoms with Gasteiger partial charge in [-0.1, -0.05) is 18.2 Å². The van der Waals surface area contributed by atoms with Gasteiger partial charge in [-0.15, -0.1) is 0 Å². The molecule has 0 aliphatic carbocycles. The first kappa shape index (κ1) is 11.7. The lowest BCUT2D eigenvalue weighted by Gasteiger charge is -2.07. The van der Waals surface area contributed by atoms with Crippen LogP contribution in [0, 0.1) is 0 Å². The molecule has 2 rings (SSSR count). The van der Waals surface area contributed by atoms with Crippen LogP contribution in [0.2, 0.25) is 0 Å². The lowest BCUT2D eigenvalue weighted by molar-refractivity contribution is -0.312. The second-order valence-corrected chi connectivity index (χ2v) is 3.08. The van der Waals surface area contributed by atoms with E-state index in [9.17, 15) is 4.79 Å². The maximum Gasteiger partial charge on any atom is 0.248 e. The van der Waals surface area contributed by atoms with E-state index < -0.39 is 0 Å². The summed E-state index contributed by atoms with van der Waals surface area (Å²) in [5.74, 6) is -0.379. The molecule has 0 spiro atoms. The predicted octanol–water partition coefficient (Wildman–Crippen LogP) is 1.51. The maximum atomic E-state index is 10.4. The van der Waals surface area contributed by atoms with Crippen LogP contribution >= 0.6 is 0 Å². The Bertz CT molecular complexity index is 272. The van der Waals surface area contributed by atoms with Crippen molar-refractivity contribution in [2.45, 2.75) is 12.8 Å². The highest BCUT2D eigenvalue weighted by molar-refractivity contribution is 5.92. The zero-order valence-corrected chi connectivity index (χ0v) is 8.52. The number of carbonyl (C=O) groups is 1. The third kappa shape index (κ3) is 5.15. The number of hydrogen-bond donors (Lipinski definition) is 1. The van der Waals surface area contributed by atoms with Crippen LogP contribution in [0.3, 0.4) is 0 Å². The van der Waals surface area contributed by atoms with Crippen molar-refractivity contribution in [3.05, 3.63) is 35.9 Å². The van der Waals surface area contributed by atoms with Crippen LogP contribution in [0.25, 0.3) is 0 Å². The Morgan fingerprint density at radius 3 is 1.87 bits per heavy atom. The van der Waals surface area contributed by atoms with Crippen LogP contribution < -0.4 is 5.73 Å². The summed E-state index contributed by atoms with van der Waals surface area (Å²) in [7, 11) is 0. The molecule has 1 aromatic carbocycles. The van der Waals surface area contributed by atoms with Gasteiger partial charge >= 0.3 is 0 Å². The molecule has 1 aliphatic rings. The summed E-state index contributed by atoms with van der Waals surface area (Å²) in [4.78, 5) is 19.6. The van der Waals surface area contributed by atoms with Gasteiger partial charge in [0.15, 0.2) is 0 Å². The second kappa shape index (κ2) is 6.98. The van der Waals surface area contributed by atoms with E-state index in [2.05, 4.69) is 9.78 Å². The Morgan fingerprint density at radius 1 is 1.07 bits per heavy atom. The summed E-state index contributed by atoms with van der Waals surface area (Å²) >= 11 is 0. The summed E-state index contributed by atoms with van der Waals surface area (Å²) in [6, 6.07) is 8.76. The van der Waals surface area contributed by atoms with Crippen LogP contribution in [0.5, 0.6) is 0 Å². The first-order valence-electron chi connectivity index (χ1n) is 4.90. The number of nitrogens with two attached hydrogens (primary N) is 1. The molecule has 1 saturated heterocycles. The van der Waals surface area contributed by atoms with E-state index in [0.717, 1.165) is 26.1 Å². The summed E-state index contributed by atoms with van der Waals surface area (Å²) in [6.45, 7) is 1.56. The molecule has 0 radical (unpaired) electrons. The van der Waals surface area contributed by atoms with Gasteiger partial charge in [-0.05, 0) is 25.0 Å². The van der Waals surface area contributed by atoms with Crippen molar-refractivity contribution in [1.82, 2.24) is 0 Å². The molecule has 0 unspecified atom stereocenters. The van der Waals surface area contributed by atoms with Crippen molar-refractivity contribution >= 4 is 5.91 Å². The van der Waals surface area contributed by atoms with Crippen molar-refractivity contribution in [3.63, 3.8) is 0 Å². The third-order valence-electron chi connectivity index (χ3n) is 1.85. The monoisotopic (exact) mass is 209 g/mol. The van der Waals surface area contributed by atoms with E-state index in [4.69, 9.17) is 5.73 Å². The summed E-state index contributed by atoms with van der Waals surface area (Å²) < 4.78 is 0. The van der Waals surface area contributed by atoms with Gasteiger partial charge in [-0.2, -0.15) is 0 Å². The Labute approximate surface area is 88.9 Å². The number of hydrogen-bond acceptors (Lipinski definition) is 3. The molecule has 4 heteroatoms. The van der Waals surface area contributed by atoms with Crippen LogP contribution in [-0.4, -0.2) is 19.1 Å². The van der Waals surface area contributed by atoms with Gasteiger partial charge in [-0.25, -0.2) is 9.78 Å². The van der Waals surface area contributed by atoms with Gasteiger partial charge < -0.3 is 5.73 Å². The summed E-state index contributed by atoms with van der Waals surface area (Å²) in [6.07, 6.45) is 2.31. The highest BCUT2D eigenvalue weighted by atomic mass is 17.2. The van der Waals surface area contributed by atoms with Crippen LogP contribution in [0.4, 0.5) is 0 Å². The average molecular weight is 209 g/mol. The van der Waals surface area contributed by atoms with Crippen LogP contribution in [-0.2, 0) is 9.78 Å². The third-order valence-corrected chi connectivity index (χ3v) is 1.85. The van der Waals surface area contributed by atoms with E-state index in [0.29, 0.717) is 5.56 Å². The molecule has 1 aromatic rings. The number of amides is 1. The topological polar surface area (TPSA) is 61.6 Å². The van der Waals surface area contributed by atoms with Gasteiger partial charge in [-0.3, -0.25) is 4.79 Å². The fraction of sp³-hybridized carbons (Fsp3) is 0.364. The van der Waals surface area contributed by atoms with Crippen molar-refractivity contribution in [1.29, 1.82) is 0 Å². The molecule has 0 bridgehead atoms. The first-order valence-corrected chi connectivity index (χ1v) is 4.90. The lowest BCUT2D eigenvalue weighted by Crippen LogP contribution is -2.09. The van der Waals surface area contributed by atoms with E-state index in [1.54, 1.807) is 24.3 Å². The largest absolute Gasteiger partial charge is 0.366 e. The number of rotatable bonds is 1. The second-order valence-electron chi connectivity index (χ2n) is 3.08. The van der Waals surface area contributed by atoms with Crippen molar-refractivity contribution in [3.8, 4) is 0 Å². The molecular weight excluding hydrogens is 194 g/mol. The molecule has 4 nitrogen and oxygen atoms in total. The van der Waals surface area contributed by atoms with Crippen molar-refractivity contribution in [2.75, 3.05) is 13.2 Å². The molecule has 0 aromatic heterocycles. The smallest absolute Gasteiger partial charge is 0.248 e. The Hall–Kier alpha value is -1.39. The standard InChI is InChI=1S/C7H7NO.C4H8O2/c8-7(9)6-4-2-1-3-5-6;1-2-4-6-5-3-1/h1-5H,(H2,8,9);1-4H2. The highest BCUT2D eigenvalue weighted by Crippen LogP contribution is 1.97. The fourth-order valence-corrected chi connectivity index (χ4v) is 1.04. The van der Waals surface area contributed by atoms with E-state index in [1.807, 2.05) is 6.07 Å². The zero-order chi connectivity index (χ0) is 10.9. The highest BCUT2D eigenvalue weighted by Gasteiger charge is 1.96. The molecule has 1 fully saturated rings. The maximum absolute atomic E-state index is 10.4. The number of benzene rings is 1. The molecule has 15 heavy (non-hydrogen) atoms. The molecule has 0 atom stereocenters. The van der Waals surface area contributed by atoms with Gasteiger partial charge in [0, 0.05) is 5.56 Å². The summed E-state index contributed by atoms with van der Waals surface area (Å²) in [5, 5.41) is 0. The fourth-order valence-electron chi connectivity index (χ4n) is 1.04. The van der Waals surface area contributed by atoms with Crippen molar-refractivity contribution < 1.29 is 14.6 Å². The molecular formula is C11H15NO3. The van der Waals surface area contributed by atoms with E-state index in [1.165, 1.54) is 0 Å². The minimum Gasteiger partial charge on any atom is -0.366 e. The van der Waals surface area contributed by atoms with Crippen LogP contribution in [0.15, 0.2) is 30.3 Å². The van der Waals surface area contributed by atoms with Crippen molar-refractivity contribution in [2.24, 2.45) is 5.73 Å². The normalized spacial score (nSPS) is 14.9. The Balaban J connectivity index is 0.000000162. The SMILES string of the molecule is C1CCOOC1.NC(=O)c1ccccc1. The van der Waals surface area contributed by atoms with Gasteiger partial charge in [0.1, 0.15) is 0 Å². The van der Waals surface area contributed by atoms with Gasteiger partial charge in [0.2, 0.25) is 5.91 Å². The molecule has 2 N–H and O–H groups in total. The average Bonchev–Trinajstić information content (AvgIpc) is 2.33. The van der Waals surface area contributed by atoms with E-state index >= 15 is 0 Å². The predicted molar refractivity (Wildman–Crippen MR) is 56.1 cm³/mol. The number of primary amides is 1.